The summed E-state index contributed by atoms with van der Waals surface area (Å²) in [6.07, 6.45) is 0. The molecule has 0 unspecified atom stereocenters. The molecule has 0 aliphatic rings. The average Bonchev–Trinajstić information content (AvgIpc) is 2.14. The highest BCUT2D eigenvalue weighted by Gasteiger charge is 2.09. The number of carbonyl (C=O) groups excluding carboxylic acids is 1. The summed E-state index contributed by atoms with van der Waals surface area (Å²) in [6, 6.07) is 3.71. The highest BCUT2D eigenvalue weighted by Crippen LogP contribution is 2.17. The Labute approximate surface area is 99.1 Å². The summed E-state index contributed by atoms with van der Waals surface area (Å²) in [4.78, 5) is 11.4. The topological polar surface area (TPSA) is 67.2 Å². The van der Waals surface area contributed by atoms with Crippen LogP contribution in [0.2, 0.25) is 0 Å². The molecule has 15 heavy (non-hydrogen) atoms. The van der Waals surface area contributed by atoms with E-state index in [2.05, 4.69) is 39.0 Å². The van der Waals surface area contributed by atoms with Crippen LogP contribution in [0.25, 0.3) is 0 Å². The van der Waals surface area contributed by atoms with Gasteiger partial charge >= 0.3 is 0 Å². The number of hydrogen-bond donors (Lipinski definition) is 3. The molecule has 0 aliphatic carbocycles. The summed E-state index contributed by atoms with van der Waals surface area (Å²) in [7, 11) is 0. The molecular weight excluding hydrogens is 285 g/mol. The normalized spacial score (nSPS) is 9.47. The smallest absolute Gasteiger partial charge is 0.270 e. The van der Waals surface area contributed by atoms with Gasteiger partial charge in [-0.1, -0.05) is 0 Å². The third-order valence-corrected chi connectivity index (χ3v) is 2.23. The number of nitrogens with one attached hydrogen (secondary N) is 2. The standard InChI is InChI=1S/C8H7BrFN3OS/c9-6-3-4(10)1-2-5(6)7(14)12-13-8(11)15/h1-3H,(H,12,14)(H3,11,13,15). The molecule has 1 aromatic rings. The summed E-state index contributed by atoms with van der Waals surface area (Å²) < 4.78 is 13.1. The second-order valence-corrected chi connectivity index (χ2v) is 3.86. The van der Waals surface area contributed by atoms with E-state index in [0.29, 0.717) is 4.47 Å². The van der Waals surface area contributed by atoms with Crippen molar-refractivity contribution in [1.29, 1.82) is 0 Å². The van der Waals surface area contributed by atoms with Gasteiger partial charge in [0.1, 0.15) is 5.82 Å². The molecule has 1 rings (SSSR count). The highest BCUT2D eigenvalue weighted by molar-refractivity contribution is 9.10. The number of thiocarbonyl (C=S) groups is 1. The first-order valence-electron chi connectivity index (χ1n) is 3.81. The van der Waals surface area contributed by atoms with Gasteiger partial charge in [-0.3, -0.25) is 15.6 Å². The maximum atomic E-state index is 12.7. The van der Waals surface area contributed by atoms with E-state index < -0.39 is 11.7 Å². The van der Waals surface area contributed by atoms with Crippen LogP contribution in [0.3, 0.4) is 0 Å². The number of hydrazine groups is 1. The molecule has 80 valence electrons. The van der Waals surface area contributed by atoms with E-state index in [0.717, 1.165) is 0 Å². The monoisotopic (exact) mass is 291 g/mol. The number of hydrogen-bond acceptors (Lipinski definition) is 2. The summed E-state index contributed by atoms with van der Waals surface area (Å²) in [5, 5.41) is -0.0541. The van der Waals surface area contributed by atoms with Crippen LogP contribution in [0.4, 0.5) is 4.39 Å². The molecule has 4 nitrogen and oxygen atoms in total. The molecule has 4 N–H and O–H groups in total. The Hall–Kier alpha value is -1.21. The molecule has 7 heteroatoms. The zero-order valence-electron chi connectivity index (χ0n) is 7.38. The van der Waals surface area contributed by atoms with Crippen LogP contribution >= 0.6 is 28.1 Å². The molecule has 0 atom stereocenters. The van der Waals surface area contributed by atoms with E-state index in [9.17, 15) is 9.18 Å². The molecule has 0 saturated carbocycles. The summed E-state index contributed by atoms with van der Waals surface area (Å²) in [6.45, 7) is 0. The number of nitrogens with two attached hydrogens (primary N) is 1. The fraction of sp³-hybridized carbons (Fsp3) is 0. The number of halogens is 2. The molecule has 1 aromatic carbocycles. The van der Waals surface area contributed by atoms with Crippen LogP contribution in [-0.2, 0) is 0 Å². The van der Waals surface area contributed by atoms with Gasteiger partial charge in [-0.25, -0.2) is 4.39 Å². The minimum Gasteiger partial charge on any atom is -0.375 e. The minimum atomic E-state index is -0.463. The van der Waals surface area contributed by atoms with Crippen molar-refractivity contribution in [3.8, 4) is 0 Å². The van der Waals surface area contributed by atoms with Crippen LogP contribution in [0, 0.1) is 5.82 Å². The van der Waals surface area contributed by atoms with Crippen molar-refractivity contribution in [1.82, 2.24) is 10.9 Å². The maximum Gasteiger partial charge on any atom is 0.270 e. The van der Waals surface area contributed by atoms with Gasteiger partial charge in [0.15, 0.2) is 5.11 Å². The molecule has 0 aliphatic heterocycles. The fourth-order valence-corrected chi connectivity index (χ4v) is 1.44. The first kappa shape index (κ1) is 11.9. The second kappa shape index (κ2) is 5.04. The van der Waals surface area contributed by atoms with Crippen molar-refractivity contribution in [3.63, 3.8) is 0 Å². The molecule has 0 fully saturated rings. The zero-order chi connectivity index (χ0) is 11.4. The third-order valence-electron chi connectivity index (χ3n) is 1.47. The number of carbonyl (C=O) groups is 1. The van der Waals surface area contributed by atoms with Gasteiger partial charge in [0.2, 0.25) is 0 Å². The van der Waals surface area contributed by atoms with Gasteiger partial charge in [-0.15, -0.1) is 0 Å². The van der Waals surface area contributed by atoms with Gasteiger partial charge in [-0.2, -0.15) is 0 Å². The molecule has 0 bridgehead atoms. The van der Waals surface area contributed by atoms with E-state index in [1.54, 1.807) is 0 Å². The van der Waals surface area contributed by atoms with Gasteiger partial charge in [0, 0.05) is 4.47 Å². The molecular formula is C8H7BrFN3OS. The second-order valence-electron chi connectivity index (χ2n) is 2.57. The Morgan fingerprint density at radius 1 is 1.47 bits per heavy atom. The SMILES string of the molecule is NC(=S)NNC(=O)c1ccc(F)cc1Br. The average molecular weight is 292 g/mol. The maximum absolute atomic E-state index is 12.7. The quantitative estimate of drug-likeness (QED) is 0.535. The Kier molecular flexibility index (Phi) is 3.98. The Morgan fingerprint density at radius 3 is 2.67 bits per heavy atom. The van der Waals surface area contributed by atoms with Crippen LogP contribution in [0.5, 0.6) is 0 Å². The van der Waals surface area contributed by atoms with Crippen molar-refractivity contribution in [3.05, 3.63) is 34.1 Å². The largest absolute Gasteiger partial charge is 0.375 e. The van der Waals surface area contributed by atoms with E-state index in [1.165, 1.54) is 18.2 Å². The Balaban J connectivity index is 2.78. The molecule has 0 heterocycles. The first-order chi connectivity index (χ1) is 7.00. The molecule has 0 radical (unpaired) electrons. The van der Waals surface area contributed by atoms with E-state index in [1.807, 2.05) is 0 Å². The summed E-state index contributed by atoms with van der Waals surface area (Å²) in [5.74, 6) is -0.893. The minimum absolute atomic E-state index is 0.0541. The third kappa shape index (κ3) is 3.45. The van der Waals surface area contributed by atoms with Gasteiger partial charge in [-0.05, 0) is 46.3 Å². The lowest BCUT2D eigenvalue weighted by Gasteiger charge is -2.07. The predicted molar refractivity (Wildman–Crippen MR) is 61.5 cm³/mol. The highest BCUT2D eigenvalue weighted by atomic mass is 79.9. The number of benzene rings is 1. The van der Waals surface area contributed by atoms with Crippen LogP contribution in [-0.4, -0.2) is 11.0 Å². The summed E-state index contributed by atoms with van der Waals surface area (Å²) >= 11 is 7.56. The lowest BCUT2D eigenvalue weighted by Crippen LogP contribution is -2.44. The lowest BCUT2D eigenvalue weighted by atomic mass is 10.2. The van der Waals surface area contributed by atoms with Crippen molar-refractivity contribution >= 4 is 39.2 Å². The van der Waals surface area contributed by atoms with Gasteiger partial charge < -0.3 is 5.73 Å². The Morgan fingerprint density at radius 2 is 2.13 bits per heavy atom. The van der Waals surface area contributed by atoms with Gasteiger partial charge in [0.25, 0.3) is 5.91 Å². The lowest BCUT2D eigenvalue weighted by molar-refractivity contribution is 0.0943. The predicted octanol–water partition coefficient (Wildman–Crippen LogP) is 1.07. The first-order valence-corrected chi connectivity index (χ1v) is 5.01. The summed E-state index contributed by atoms with van der Waals surface area (Å²) in [5.41, 5.74) is 9.92. The number of rotatable bonds is 1. The molecule has 0 aromatic heterocycles. The zero-order valence-corrected chi connectivity index (χ0v) is 9.78. The van der Waals surface area contributed by atoms with E-state index in [-0.39, 0.29) is 10.7 Å². The van der Waals surface area contributed by atoms with Crippen LogP contribution in [0.15, 0.2) is 22.7 Å². The van der Waals surface area contributed by atoms with Crippen LogP contribution in [0.1, 0.15) is 10.4 Å². The Bertz CT molecular complexity index is 413. The van der Waals surface area contributed by atoms with Crippen molar-refractivity contribution in [2.75, 3.05) is 0 Å². The van der Waals surface area contributed by atoms with E-state index in [4.69, 9.17) is 5.73 Å². The van der Waals surface area contributed by atoms with Crippen LogP contribution < -0.4 is 16.6 Å². The fourth-order valence-electron chi connectivity index (χ4n) is 0.859. The van der Waals surface area contributed by atoms with Crippen molar-refractivity contribution < 1.29 is 9.18 Å². The molecule has 0 spiro atoms. The van der Waals surface area contributed by atoms with Gasteiger partial charge in [0.05, 0.1) is 5.56 Å². The molecule has 0 saturated heterocycles. The van der Waals surface area contributed by atoms with Crippen molar-refractivity contribution in [2.45, 2.75) is 0 Å². The molecule has 1 amide bonds. The van der Waals surface area contributed by atoms with E-state index >= 15 is 0 Å². The number of amides is 1. The van der Waals surface area contributed by atoms with Crippen molar-refractivity contribution in [2.24, 2.45) is 5.73 Å².